The number of hydrogen-bond donors (Lipinski definition) is 2. The minimum absolute atomic E-state index is 0.0129. The molecule has 1 saturated heterocycles. The van der Waals surface area contributed by atoms with Crippen LogP contribution < -0.4 is 4.74 Å². The molecule has 6 heteroatoms. The van der Waals surface area contributed by atoms with Gasteiger partial charge in [0.05, 0.1) is 12.7 Å². The third kappa shape index (κ3) is 3.61. The fourth-order valence-electron chi connectivity index (χ4n) is 6.92. The number of phenolic OH excluding ortho intramolecular Hbond substituents is 1. The lowest BCUT2D eigenvalue weighted by atomic mass is 9.48. The highest BCUT2D eigenvalue weighted by Crippen LogP contribution is 2.61. The van der Waals surface area contributed by atoms with Gasteiger partial charge in [-0.2, -0.15) is 0 Å². The Morgan fingerprint density at radius 1 is 1.26 bits per heavy atom. The average molecular weight is 475 g/mol. The van der Waals surface area contributed by atoms with Crippen LogP contribution in [0.4, 0.5) is 0 Å². The van der Waals surface area contributed by atoms with Gasteiger partial charge in [-0.3, -0.25) is 4.79 Å². The molecule has 2 aliphatic carbocycles. The maximum Gasteiger partial charge on any atom is 0.298 e. The van der Waals surface area contributed by atoms with E-state index in [9.17, 15) is 15.0 Å². The second kappa shape index (κ2) is 8.58. The number of aliphatic hydroxyl groups is 1. The van der Waals surface area contributed by atoms with Crippen molar-refractivity contribution in [3.05, 3.63) is 58.7 Å². The van der Waals surface area contributed by atoms with E-state index in [1.165, 1.54) is 0 Å². The van der Waals surface area contributed by atoms with E-state index in [0.29, 0.717) is 31.4 Å². The summed E-state index contributed by atoms with van der Waals surface area (Å²) in [5.41, 5.74) is 2.39. The van der Waals surface area contributed by atoms with E-state index in [4.69, 9.17) is 4.74 Å². The second-order valence-electron chi connectivity index (χ2n) is 10.5. The number of ether oxygens (including phenoxy) is 1. The van der Waals surface area contributed by atoms with Crippen LogP contribution in [-0.4, -0.2) is 71.4 Å². The third-order valence-corrected chi connectivity index (χ3v) is 8.77. The number of likely N-dealkylation sites (tertiary alicyclic amines) is 1. The molecule has 6 nitrogen and oxygen atoms in total. The van der Waals surface area contributed by atoms with E-state index in [-0.39, 0.29) is 23.7 Å². The zero-order valence-electron chi connectivity index (χ0n) is 21.0. The van der Waals surface area contributed by atoms with Crippen molar-refractivity contribution in [2.24, 2.45) is 0 Å². The molecule has 3 aliphatic rings. The predicted octanol–water partition coefficient (Wildman–Crippen LogP) is 3.00. The fraction of sp³-hybridized carbons (Fsp3) is 0.483. The van der Waals surface area contributed by atoms with E-state index in [1.54, 1.807) is 18.1 Å². The van der Waals surface area contributed by atoms with Gasteiger partial charge in [-0.1, -0.05) is 24.1 Å². The molecule has 0 aromatic heterocycles. The summed E-state index contributed by atoms with van der Waals surface area (Å²) in [4.78, 5) is 17.1. The maximum atomic E-state index is 13.1. The Labute approximate surface area is 207 Å². The molecule has 0 spiro atoms. The average Bonchev–Trinajstić information content (AvgIpc) is 2.84. The number of amides is 1. The van der Waals surface area contributed by atoms with Gasteiger partial charge in [0.15, 0.2) is 11.5 Å². The molecule has 1 saturated carbocycles. The molecular formula is C29H34N2O4. The second-order valence-corrected chi connectivity index (χ2v) is 10.5. The molecule has 1 heterocycles. The minimum Gasteiger partial charge on any atom is -0.504 e. The standard InChI is InChI=1S/C29H34N2O4/c1-19-6-5-7-20(16-19)8-11-25(33)31(3)22-12-13-29(34)24-17-21-9-10-23(32)27(35-4)26(21)28(29,18-22)14-15-30(24)2/h5-7,9-10,16,22,24,32,34H,12-15,17-18H2,1-4H3/t22-,24-,28-,29-/m1/s1. The van der Waals surface area contributed by atoms with Gasteiger partial charge in [-0.05, 0) is 81.9 Å². The Bertz CT molecular complexity index is 1230. The first-order valence-corrected chi connectivity index (χ1v) is 12.4. The molecule has 1 aliphatic heterocycles. The fourth-order valence-corrected chi connectivity index (χ4v) is 6.92. The zero-order chi connectivity index (χ0) is 25.0. The lowest BCUT2D eigenvalue weighted by molar-refractivity contribution is -0.173. The highest BCUT2D eigenvalue weighted by Gasteiger charge is 2.65. The summed E-state index contributed by atoms with van der Waals surface area (Å²) in [6.45, 7) is 2.84. The number of fused-ring (bicyclic) bond motifs is 1. The van der Waals surface area contributed by atoms with Gasteiger partial charge in [0.25, 0.3) is 5.91 Å². The predicted molar refractivity (Wildman–Crippen MR) is 134 cm³/mol. The SMILES string of the molecule is COc1c(O)ccc2c1[C@]13CCN(C)[C@H](C2)[C@]1(O)CC[C@@H](N(C)C(=O)C#Cc1cccc(C)c1)C3. The van der Waals surface area contributed by atoms with Gasteiger partial charge in [0.2, 0.25) is 0 Å². The van der Waals surface area contributed by atoms with Crippen LogP contribution in [0.25, 0.3) is 0 Å². The van der Waals surface area contributed by atoms with Crippen LogP contribution in [0.15, 0.2) is 36.4 Å². The van der Waals surface area contributed by atoms with Gasteiger partial charge in [-0.25, -0.2) is 0 Å². The van der Waals surface area contributed by atoms with Crippen molar-refractivity contribution in [1.29, 1.82) is 0 Å². The third-order valence-electron chi connectivity index (χ3n) is 8.77. The van der Waals surface area contributed by atoms with Crippen molar-refractivity contribution >= 4 is 5.91 Å². The smallest absolute Gasteiger partial charge is 0.298 e. The Balaban J connectivity index is 1.51. The first-order chi connectivity index (χ1) is 16.7. The number of benzene rings is 2. The van der Waals surface area contributed by atoms with E-state index in [0.717, 1.165) is 35.2 Å². The molecule has 184 valence electrons. The number of nitrogens with zero attached hydrogens (tertiary/aromatic N) is 2. The van der Waals surface area contributed by atoms with Crippen molar-refractivity contribution in [2.75, 3.05) is 27.7 Å². The summed E-state index contributed by atoms with van der Waals surface area (Å²) in [7, 11) is 5.47. The van der Waals surface area contributed by atoms with E-state index < -0.39 is 11.0 Å². The molecule has 2 bridgehead atoms. The Kier molecular flexibility index (Phi) is 5.82. The highest BCUT2D eigenvalue weighted by molar-refractivity contribution is 5.94. The van der Waals surface area contributed by atoms with Crippen LogP contribution in [0.1, 0.15) is 47.9 Å². The topological polar surface area (TPSA) is 73.2 Å². The van der Waals surface area contributed by atoms with Crippen LogP contribution in [0.5, 0.6) is 11.5 Å². The molecule has 0 unspecified atom stereocenters. The molecule has 0 radical (unpaired) electrons. The van der Waals surface area contributed by atoms with Crippen LogP contribution in [0, 0.1) is 18.8 Å². The first kappa shape index (κ1) is 23.7. The number of hydrogen-bond acceptors (Lipinski definition) is 5. The molecule has 2 aromatic rings. The summed E-state index contributed by atoms with van der Waals surface area (Å²) < 4.78 is 5.71. The Morgan fingerprint density at radius 2 is 2.06 bits per heavy atom. The molecule has 4 atom stereocenters. The van der Waals surface area contributed by atoms with E-state index >= 15 is 0 Å². The number of aryl methyl sites for hydroxylation is 1. The van der Waals surface area contributed by atoms with Gasteiger partial charge in [0.1, 0.15) is 0 Å². The number of carbonyl (C=O) groups excluding carboxylic acids is 1. The number of piperidine rings is 1. The van der Waals surface area contributed by atoms with Crippen molar-refractivity contribution in [1.82, 2.24) is 9.80 Å². The van der Waals surface area contributed by atoms with E-state index in [1.807, 2.05) is 44.3 Å². The highest BCUT2D eigenvalue weighted by atomic mass is 16.5. The molecule has 35 heavy (non-hydrogen) atoms. The van der Waals surface area contributed by atoms with E-state index in [2.05, 4.69) is 23.8 Å². The Morgan fingerprint density at radius 3 is 2.80 bits per heavy atom. The minimum atomic E-state index is -0.957. The van der Waals surface area contributed by atoms with Crippen molar-refractivity contribution in [2.45, 2.75) is 62.1 Å². The summed E-state index contributed by atoms with van der Waals surface area (Å²) in [6, 6.07) is 11.4. The largest absolute Gasteiger partial charge is 0.504 e. The maximum absolute atomic E-state index is 13.1. The number of rotatable bonds is 2. The number of likely N-dealkylation sites (N-methyl/N-ethyl adjacent to an activating group) is 1. The van der Waals surface area contributed by atoms with Crippen molar-refractivity contribution < 1.29 is 19.7 Å². The summed E-state index contributed by atoms with van der Waals surface area (Å²) in [6.07, 6.45) is 3.33. The van der Waals surface area contributed by atoms with Crippen LogP contribution in [0.3, 0.4) is 0 Å². The molecule has 2 aromatic carbocycles. The lowest BCUT2D eigenvalue weighted by Gasteiger charge is -2.64. The number of aromatic hydroxyl groups is 1. The molecule has 2 fully saturated rings. The quantitative estimate of drug-likeness (QED) is 0.655. The Hall–Kier alpha value is -3.01. The summed E-state index contributed by atoms with van der Waals surface area (Å²) in [5.74, 6) is 6.15. The molecule has 5 rings (SSSR count). The number of carbonyl (C=O) groups is 1. The number of phenols is 1. The van der Waals surface area contributed by atoms with Gasteiger partial charge >= 0.3 is 0 Å². The van der Waals surface area contributed by atoms with Crippen LogP contribution >= 0.6 is 0 Å². The van der Waals surface area contributed by atoms with Crippen LogP contribution in [0.2, 0.25) is 0 Å². The summed E-state index contributed by atoms with van der Waals surface area (Å²) in [5, 5.41) is 22.9. The molecular weight excluding hydrogens is 440 g/mol. The van der Waals surface area contributed by atoms with Gasteiger partial charge in [-0.15, -0.1) is 0 Å². The van der Waals surface area contributed by atoms with Crippen molar-refractivity contribution in [3.8, 4) is 23.3 Å². The summed E-state index contributed by atoms with van der Waals surface area (Å²) >= 11 is 0. The first-order valence-electron chi connectivity index (χ1n) is 12.4. The van der Waals surface area contributed by atoms with Crippen molar-refractivity contribution in [3.63, 3.8) is 0 Å². The molecule has 2 N–H and O–H groups in total. The lowest BCUT2D eigenvalue weighted by Crippen LogP contribution is -2.73. The normalized spacial score (nSPS) is 29.3. The zero-order valence-corrected chi connectivity index (χ0v) is 21.0. The van der Waals surface area contributed by atoms with Gasteiger partial charge < -0.3 is 24.7 Å². The van der Waals surface area contributed by atoms with Crippen LogP contribution in [-0.2, 0) is 16.6 Å². The monoisotopic (exact) mass is 474 g/mol. The number of methoxy groups -OCH3 is 1. The molecule has 1 amide bonds. The van der Waals surface area contributed by atoms with Gasteiger partial charge in [0, 0.05) is 41.6 Å².